The standard InChI is InChI=1S/C27H29ClN4O3/c1-27(2)15-35-24(17-9-13-19(14-10-17)29(3)4)23-22-20(25(33)31(6)26(34)30(22)5)21(32(23)27)16-7-11-18(28)12-8-16/h7-14,24H,15H2,1-6H3. The lowest BCUT2D eigenvalue weighted by Gasteiger charge is -2.39. The monoisotopic (exact) mass is 492 g/mol. The highest BCUT2D eigenvalue weighted by Gasteiger charge is 2.40. The molecule has 0 saturated heterocycles. The van der Waals surface area contributed by atoms with Gasteiger partial charge in [0.25, 0.3) is 5.56 Å². The van der Waals surface area contributed by atoms with Gasteiger partial charge in [-0.05, 0) is 49.2 Å². The molecule has 0 saturated carbocycles. The molecule has 3 heterocycles. The molecule has 1 aliphatic heterocycles. The van der Waals surface area contributed by atoms with E-state index in [2.05, 4.69) is 18.4 Å². The summed E-state index contributed by atoms with van der Waals surface area (Å²) in [7, 11) is 7.23. The Balaban J connectivity index is 1.93. The first kappa shape index (κ1) is 23.5. The van der Waals surface area contributed by atoms with E-state index in [1.54, 1.807) is 11.6 Å². The number of nitrogens with zero attached hydrogens (tertiary/aromatic N) is 4. The maximum atomic E-state index is 13.6. The van der Waals surface area contributed by atoms with Crippen molar-refractivity contribution in [3.05, 3.63) is 85.6 Å². The zero-order valence-corrected chi connectivity index (χ0v) is 21.6. The normalized spacial score (nSPS) is 16.9. The van der Waals surface area contributed by atoms with Crippen LogP contribution in [0.15, 0.2) is 58.1 Å². The Morgan fingerprint density at radius 3 is 2.20 bits per heavy atom. The van der Waals surface area contributed by atoms with Crippen LogP contribution < -0.4 is 16.1 Å². The molecule has 5 rings (SSSR count). The number of rotatable bonds is 3. The Morgan fingerprint density at radius 1 is 0.971 bits per heavy atom. The Kier molecular flexibility index (Phi) is 5.45. The van der Waals surface area contributed by atoms with Gasteiger partial charge in [0, 0.05) is 38.9 Å². The molecule has 0 amide bonds. The summed E-state index contributed by atoms with van der Waals surface area (Å²) in [5.74, 6) is 0. The van der Waals surface area contributed by atoms with Crippen LogP contribution >= 0.6 is 11.6 Å². The lowest BCUT2D eigenvalue weighted by Crippen LogP contribution is -2.40. The number of hydrogen-bond acceptors (Lipinski definition) is 4. The van der Waals surface area contributed by atoms with Crippen molar-refractivity contribution in [3.8, 4) is 11.3 Å². The van der Waals surface area contributed by atoms with Crippen LogP contribution in [0.25, 0.3) is 22.2 Å². The van der Waals surface area contributed by atoms with Gasteiger partial charge in [0.2, 0.25) is 0 Å². The van der Waals surface area contributed by atoms with Crippen molar-refractivity contribution in [3.63, 3.8) is 0 Å². The van der Waals surface area contributed by atoms with Crippen LogP contribution in [0.2, 0.25) is 5.02 Å². The average Bonchev–Trinajstić information content (AvgIpc) is 3.20. The second kappa shape index (κ2) is 8.14. The number of aryl methyl sites for hydroxylation is 1. The smallest absolute Gasteiger partial charge is 0.331 e. The summed E-state index contributed by atoms with van der Waals surface area (Å²) in [5, 5.41) is 1.12. The molecule has 1 unspecified atom stereocenters. The van der Waals surface area contributed by atoms with Crippen molar-refractivity contribution in [2.45, 2.75) is 25.5 Å². The van der Waals surface area contributed by atoms with Crippen LogP contribution in [0, 0.1) is 0 Å². The molecule has 0 N–H and O–H groups in total. The Labute approximate surface area is 208 Å². The average molecular weight is 493 g/mol. The van der Waals surface area contributed by atoms with Crippen molar-refractivity contribution >= 4 is 28.2 Å². The number of aromatic nitrogens is 3. The summed E-state index contributed by atoms with van der Waals surface area (Å²) in [4.78, 5) is 28.7. The van der Waals surface area contributed by atoms with E-state index in [4.69, 9.17) is 16.3 Å². The Morgan fingerprint density at radius 2 is 1.60 bits per heavy atom. The van der Waals surface area contributed by atoms with E-state index in [9.17, 15) is 9.59 Å². The number of hydrogen-bond donors (Lipinski definition) is 0. The summed E-state index contributed by atoms with van der Waals surface area (Å²) in [6.07, 6.45) is -0.444. The van der Waals surface area contributed by atoms with Crippen LogP contribution in [0.3, 0.4) is 0 Å². The second-order valence-corrected chi connectivity index (χ2v) is 10.4. The molecular weight excluding hydrogens is 464 g/mol. The Bertz CT molecular complexity index is 1560. The van der Waals surface area contributed by atoms with E-state index in [-0.39, 0.29) is 11.2 Å². The largest absolute Gasteiger partial charge is 0.378 e. The molecule has 2 aromatic carbocycles. The van der Waals surface area contributed by atoms with Crippen molar-refractivity contribution in [2.75, 3.05) is 25.6 Å². The summed E-state index contributed by atoms with van der Waals surface area (Å²) >= 11 is 6.19. The van der Waals surface area contributed by atoms with E-state index in [1.165, 1.54) is 11.6 Å². The van der Waals surface area contributed by atoms with Crippen molar-refractivity contribution in [1.82, 2.24) is 13.7 Å². The minimum atomic E-state index is -0.468. The zero-order valence-electron chi connectivity index (χ0n) is 20.8. The van der Waals surface area contributed by atoms with Crippen LogP contribution in [-0.4, -0.2) is 34.4 Å². The molecule has 182 valence electrons. The number of halogens is 1. The lowest BCUT2D eigenvalue weighted by molar-refractivity contribution is -0.00706. The van der Waals surface area contributed by atoms with Gasteiger partial charge in [0.1, 0.15) is 6.10 Å². The highest BCUT2D eigenvalue weighted by molar-refractivity contribution is 6.30. The van der Waals surface area contributed by atoms with Gasteiger partial charge in [-0.2, -0.15) is 0 Å². The maximum absolute atomic E-state index is 13.6. The van der Waals surface area contributed by atoms with Crippen LogP contribution in [-0.2, 0) is 24.4 Å². The molecule has 0 radical (unpaired) electrons. The molecule has 8 heteroatoms. The van der Waals surface area contributed by atoms with Gasteiger partial charge in [0.05, 0.1) is 34.4 Å². The van der Waals surface area contributed by atoms with Gasteiger partial charge in [-0.25, -0.2) is 4.79 Å². The van der Waals surface area contributed by atoms with E-state index in [0.29, 0.717) is 22.5 Å². The first-order chi connectivity index (χ1) is 16.5. The molecule has 1 atom stereocenters. The Hall–Kier alpha value is -3.29. The first-order valence-electron chi connectivity index (χ1n) is 11.5. The molecule has 2 aromatic heterocycles. The predicted octanol–water partition coefficient (Wildman–Crippen LogP) is 4.28. The van der Waals surface area contributed by atoms with E-state index >= 15 is 0 Å². The van der Waals surface area contributed by atoms with Crippen molar-refractivity contribution in [1.29, 1.82) is 0 Å². The van der Waals surface area contributed by atoms with Crippen LogP contribution in [0.4, 0.5) is 5.69 Å². The van der Waals surface area contributed by atoms with Gasteiger partial charge in [-0.3, -0.25) is 13.9 Å². The third-order valence-electron chi connectivity index (χ3n) is 6.90. The number of ether oxygens (including phenoxy) is 1. The molecule has 0 fully saturated rings. The summed E-state index contributed by atoms with van der Waals surface area (Å²) < 4.78 is 11.4. The van der Waals surface area contributed by atoms with Crippen LogP contribution in [0.1, 0.15) is 31.2 Å². The first-order valence-corrected chi connectivity index (χ1v) is 11.9. The van der Waals surface area contributed by atoms with Gasteiger partial charge < -0.3 is 14.2 Å². The third-order valence-corrected chi connectivity index (χ3v) is 7.15. The van der Waals surface area contributed by atoms with Gasteiger partial charge in [0.15, 0.2) is 0 Å². The zero-order chi connectivity index (χ0) is 25.2. The third kappa shape index (κ3) is 3.53. The molecular formula is C27H29ClN4O3. The molecule has 0 bridgehead atoms. The fourth-order valence-electron chi connectivity index (χ4n) is 5.08. The van der Waals surface area contributed by atoms with E-state index in [0.717, 1.165) is 28.2 Å². The van der Waals surface area contributed by atoms with E-state index < -0.39 is 11.6 Å². The molecule has 4 aromatic rings. The fraction of sp³-hybridized carbons (Fsp3) is 0.333. The minimum absolute atomic E-state index is 0.326. The van der Waals surface area contributed by atoms with Gasteiger partial charge in [-0.1, -0.05) is 35.9 Å². The highest BCUT2D eigenvalue weighted by Crippen LogP contribution is 2.45. The quantitative estimate of drug-likeness (QED) is 0.428. The van der Waals surface area contributed by atoms with Crippen molar-refractivity contribution in [2.24, 2.45) is 14.1 Å². The molecule has 7 nitrogen and oxygen atoms in total. The number of anilines is 1. The molecule has 1 aliphatic rings. The van der Waals surface area contributed by atoms with Gasteiger partial charge in [-0.15, -0.1) is 0 Å². The number of benzene rings is 2. The SMILES string of the molecule is CN(C)c1ccc(C2OCC(C)(C)n3c(-c4ccc(Cl)cc4)c4c(=O)n(C)c(=O)n(C)c4c32)cc1. The minimum Gasteiger partial charge on any atom is -0.378 e. The topological polar surface area (TPSA) is 61.4 Å². The van der Waals surface area contributed by atoms with Crippen molar-refractivity contribution < 1.29 is 4.74 Å². The maximum Gasteiger partial charge on any atom is 0.331 e. The van der Waals surface area contributed by atoms with Crippen LogP contribution in [0.5, 0.6) is 0 Å². The molecule has 35 heavy (non-hydrogen) atoms. The predicted molar refractivity (Wildman–Crippen MR) is 141 cm³/mol. The molecule has 0 spiro atoms. The molecule has 0 aliphatic carbocycles. The van der Waals surface area contributed by atoms with Gasteiger partial charge >= 0.3 is 5.69 Å². The second-order valence-electron chi connectivity index (χ2n) is 9.99. The number of fused-ring (bicyclic) bond motifs is 3. The van der Waals surface area contributed by atoms with E-state index in [1.807, 2.05) is 67.5 Å². The summed E-state index contributed by atoms with van der Waals surface area (Å²) in [6, 6.07) is 15.7. The fourth-order valence-corrected chi connectivity index (χ4v) is 5.21. The highest BCUT2D eigenvalue weighted by atomic mass is 35.5. The summed E-state index contributed by atoms with van der Waals surface area (Å²) in [5.41, 5.74) is 3.90. The summed E-state index contributed by atoms with van der Waals surface area (Å²) in [6.45, 7) is 4.61. The lowest BCUT2D eigenvalue weighted by atomic mass is 9.98.